The number of carbonyl (C=O) groups excluding carboxylic acids is 1. The van der Waals surface area contributed by atoms with Gasteiger partial charge in [-0.15, -0.1) is 0 Å². The van der Waals surface area contributed by atoms with Crippen LogP contribution in [0.5, 0.6) is 17.4 Å². The van der Waals surface area contributed by atoms with Gasteiger partial charge in [-0.25, -0.2) is 9.97 Å². The highest BCUT2D eigenvalue weighted by molar-refractivity contribution is 7.99. The van der Waals surface area contributed by atoms with Crippen molar-refractivity contribution in [1.82, 2.24) is 15.3 Å². The first-order valence-corrected chi connectivity index (χ1v) is 11.2. The van der Waals surface area contributed by atoms with Crippen molar-refractivity contribution in [3.8, 4) is 17.4 Å². The zero-order chi connectivity index (χ0) is 23.0. The number of hydrogen-bond donors (Lipinski definition) is 1. The second-order valence-electron chi connectivity index (χ2n) is 6.84. The van der Waals surface area contributed by atoms with Crippen LogP contribution in [0, 0.1) is 0 Å². The van der Waals surface area contributed by atoms with Crippen LogP contribution in [0.4, 0.5) is 0 Å². The third kappa shape index (κ3) is 6.03. The van der Waals surface area contributed by atoms with E-state index in [0.717, 1.165) is 16.2 Å². The fourth-order valence-corrected chi connectivity index (χ4v) is 3.90. The summed E-state index contributed by atoms with van der Waals surface area (Å²) in [6.07, 6.45) is 3.18. The summed E-state index contributed by atoms with van der Waals surface area (Å²) >= 11 is 7.38. The van der Waals surface area contributed by atoms with Crippen LogP contribution >= 0.6 is 23.4 Å². The van der Waals surface area contributed by atoms with Crippen molar-refractivity contribution in [3.05, 3.63) is 101 Å². The Morgan fingerprint density at radius 1 is 0.970 bits per heavy atom. The molecule has 0 unspecified atom stereocenters. The van der Waals surface area contributed by atoms with Gasteiger partial charge in [-0.3, -0.25) is 4.79 Å². The molecule has 0 aliphatic heterocycles. The number of amides is 1. The van der Waals surface area contributed by atoms with Crippen LogP contribution in [-0.4, -0.2) is 23.0 Å². The van der Waals surface area contributed by atoms with Gasteiger partial charge in [0.25, 0.3) is 11.8 Å². The molecule has 1 aromatic heterocycles. The number of benzene rings is 3. The lowest BCUT2D eigenvalue weighted by Gasteiger charge is -2.11. The molecule has 4 aromatic rings. The van der Waals surface area contributed by atoms with Crippen molar-refractivity contribution >= 4 is 29.3 Å². The van der Waals surface area contributed by atoms with Crippen LogP contribution in [0.1, 0.15) is 15.9 Å². The van der Waals surface area contributed by atoms with Gasteiger partial charge in [0, 0.05) is 40.0 Å². The number of hydrogen-bond acceptors (Lipinski definition) is 6. The van der Waals surface area contributed by atoms with E-state index in [-0.39, 0.29) is 5.91 Å². The molecule has 33 heavy (non-hydrogen) atoms. The number of carbonyl (C=O) groups is 1. The van der Waals surface area contributed by atoms with Crippen molar-refractivity contribution in [2.75, 3.05) is 7.11 Å². The zero-order valence-corrected chi connectivity index (χ0v) is 19.3. The standard InChI is InChI=1S/C25H20ClN3O3S/c1-31-22-5-3-2-4-18(22)16-29-23(30)17-6-10-20(11-7-17)32-24-25(28-15-14-27-24)33-21-12-8-19(26)9-13-21/h2-15H,16H2,1H3,(H,29,30). The smallest absolute Gasteiger partial charge is 0.252 e. The third-order valence-corrected chi connectivity index (χ3v) is 5.86. The van der Waals surface area contributed by atoms with Gasteiger partial charge in [-0.05, 0) is 54.6 Å². The average Bonchev–Trinajstić information content (AvgIpc) is 2.85. The molecule has 8 heteroatoms. The molecule has 1 amide bonds. The molecule has 3 aromatic carbocycles. The lowest BCUT2D eigenvalue weighted by atomic mass is 10.1. The van der Waals surface area contributed by atoms with E-state index in [2.05, 4.69) is 15.3 Å². The summed E-state index contributed by atoms with van der Waals surface area (Å²) < 4.78 is 11.3. The monoisotopic (exact) mass is 477 g/mol. The number of aromatic nitrogens is 2. The van der Waals surface area contributed by atoms with E-state index in [1.807, 2.05) is 48.5 Å². The maximum Gasteiger partial charge on any atom is 0.252 e. The van der Waals surface area contributed by atoms with E-state index >= 15 is 0 Å². The summed E-state index contributed by atoms with van der Waals surface area (Å²) in [5, 5.41) is 4.20. The van der Waals surface area contributed by atoms with E-state index in [9.17, 15) is 4.79 Å². The molecule has 0 saturated carbocycles. The van der Waals surface area contributed by atoms with Crippen molar-refractivity contribution in [2.24, 2.45) is 0 Å². The van der Waals surface area contributed by atoms with Crippen LogP contribution in [0.2, 0.25) is 5.02 Å². The van der Waals surface area contributed by atoms with Crippen LogP contribution < -0.4 is 14.8 Å². The number of ether oxygens (including phenoxy) is 2. The molecule has 0 bridgehead atoms. The Bertz CT molecular complexity index is 1230. The maximum absolute atomic E-state index is 12.5. The van der Waals surface area contributed by atoms with Crippen molar-refractivity contribution in [3.63, 3.8) is 0 Å². The van der Waals surface area contributed by atoms with E-state index in [1.54, 1.807) is 43.8 Å². The molecule has 1 heterocycles. The fraction of sp³-hybridized carbons (Fsp3) is 0.0800. The van der Waals surface area contributed by atoms with Crippen LogP contribution in [-0.2, 0) is 6.54 Å². The number of para-hydroxylation sites is 1. The highest BCUT2D eigenvalue weighted by Crippen LogP contribution is 2.34. The first-order valence-electron chi connectivity index (χ1n) is 10.0. The molecule has 6 nitrogen and oxygen atoms in total. The quantitative estimate of drug-likeness (QED) is 0.335. The Hall–Kier alpha value is -3.55. The number of methoxy groups -OCH3 is 1. The predicted octanol–water partition coefficient (Wildman–Crippen LogP) is 6.01. The average molecular weight is 478 g/mol. The summed E-state index contributed by atoms with van der Waals surface area (Å²) in [7, 11) is 1.61. The molecule has 1 N–H and O–H groups in total. The Kier molecular flexibility index (Phi) is 7.44. The predicted molar refractivity (Wildman–Crippen MR) is 128 cm³/mol. The summed E-state index contributed by atoms with van der Waals surface area (Å²) in [5.74, 6) is 1.48. The largest absolute Gasteiger partial charge is 0.496 e. The first kappa shape index (κ1) is 22.6. The Labute approximate surface area is 201 Å². The van der Waals surface area contributed by atoms with Crippen LogP contribution in [0.25, 0.3) is 0 Å². The van der Waals surface area contributed by atoms with Gasteiger partial charge in [-0.1, -0.05) is 41.6 Å². The van der Waals surface area contributed by atoms with E-state index in [1.165, 1.54) is 11.8 Å². The number of halogens is 1. The summed E-state index contributed by atoms with van der Waals surface area (Å²) in [5.41, 5.74) is 1.42. The van der Waals surface area contributed by atoms with E-state index < -0.39 is 0 Å². The molecule has 0 fully saturated rings. The van der Waals surface area contributed by atoms with Gasteiger partial charge >= 0.3 is 0 Å². The summed E-state index contributed by atoms with van der Waals surface area (Å²) in [6, 6.07) is 21.9. The second-order valence-corrected chi connectivity index (χ2v) is 8.34. The molecule has 0 saturated heterocycles. The van der Waals surface area contributed by atoms with E-state index in [0.29, 0.717) is 33.8 Å². The third-order valence-electron chi connectivity index (χ3n) is 4.62. The number of nitrogens with zero attached hydrogens (tertiary/aromatic N) is 2. The zero-order valence-electron chi connectivity index (χ0n) is 17.7. The van der Waals surface area contributed by atoms with Gasteiger partial charge in [0.1, 0.15) is 11.5 Å². The molecule has 0 atom stereocenters. The van der Waals surface area contributed by atoms with Crippen LogP contribution in [0.3, 0.4) is 0 Å². The number of nitrogens with one attached hydrogen (secondary N) is 1. The molecule has 0 aliphatic carbocycles. The van der Waals surface area contributed by atoms with Gasteiger partial charge < -0.3 is 14.8 Å². The normalized spacial score (nSPS) is 10.5. The molecular formula is C25H20ClN3O3S. The highest BCUT2D eigenvalue weighted by atomic mass is 35.5. The molecule has 166 valence electrons. The topological polar surface area (TPSA) is 73.3 Å². The summed E-state index contributed by atoms with van der Waals surface area (Å²) in [6.45, 7) is 0.367. The van der Waals surface area contributed by atoms with Crippen LogP contribution in [0.15, 0.2) is 95.1 Å². The Balaban J connectivity index is 1.40. The van der Waals surface area contributed by atoms with E-state index in [4.69, 9.17) is 21.1 Å². The maximum atomic E-state index is 12.5. The van der Waals surface area contributed by atoms with Gasteiger partial charge in [0.15, 0.2) is 5.03 Å². The molecule has 0 radical (unpaired) electrons. The summed E-state index contributed by atoms with van der Waals surface area (Å²) in [4.78, 5) is 22.2. The molecule has 4 rings (SSSR count). The van der Waals surface area contributed by atoms with Gasteiger partial charge in [0.2, 0.25) is 0 Å². The highest BCUT2D eigenvalue weighted by Gasteiger charge is 2.12. The molecule has 0 spiro atoms. The van der Waals surface area contributed by atoms with Gasteiger partial charge in [-0.2, -0.15) is 0 Å². The minimum atomic E-state index is -0.189. The van der Waals surface area contributed by atoms with Gasteiger partial charge in [0.05, 0.1) is 7.11 Å². The van der Waals surface area contributed by atoms with Crippen molar-refractivity contribution in [1.29, 1.82) is 0 Å². The molecule has 0 aliphatic rings. The fourth-order valence-electron chi connectivity index (χ4n) is 2.98. The van der Waals surface area contributed by atoms with Crippen molar-refractivity contribution < 1.29 is 14.3 Å². The lowest BCUT2D eigenvalue weighted by Crippen LogP contribution is -2.22. The SMILES string of the molecule is COc1ccccc1CNC(=O)c1ccc(Oc2nccnc2Sc2ccc(Cl)cc2)cc1. The molecular weight excluding hydrogens is 458 g/mol. The van der Waals surface area contributed by atoms with Crippen molar-refractivity contribution in [2.45, 2.75) is 16.5 Å². The first-order chi connectivity index (χ1) is 16.1. The lowest BCUT2D eigenvalue weighted by molar-refractivity contribution is 0.0950. The second kappa shape index (κ2) is 10.8. The minimum Gasteiger partial charge on any atom is -0.496 e. The number of rotatable bonds is 8. The Morgan fingerprint density at radius 2 is 1.70 bits per heavy atom. The Morgan fingerprint density at radius 3 is 2.45 bits per heavy atom. The minimum absolute atomic E-state index is 0.189.